The number of anilines is 1. The summed E-state index contributed by atoms with van der Waals surface area (Å²) in [7, 11) is 0. The van der Waals surface area contributed by atoms with Crippen molar-refractivity contribution in [3.8, 4) is 0 Å². The largest absolute Gasteiger partial charge is 0.384 e. The minimum Gasteiger partial charge on any atom is -0.384 e. The molecule has 0 aromatic carbocycles. The van der Waals surface area contributed by atoms with Crippen molar-refractivity contribution in [3.63, 3.8) is 0 Å². The second-order valence-electron chi connectivity index (χ2n) is 13.1. The molecule has 0 amide bonds. The number of hydrogen-bond acceptors (Lipinski definition) is 4. The maximum absolute atomic E-state index is 7.46. The molecular weight excluding hydrogens is 406 g/mol. The minimum atomic E-state index is 0.00305. The third kappa shape index (κ3) is 3.84. The van der Waals surface area contributed by atoms with Crippen LogP contribution in [0.25, 0.3) is 0 Å². The Morgan fingerprint density at radius 2 is 1.76 bits per heavy atom. The first kappa shape index (κ1) is 22.3. The van der Waals surface area contributed by atoms with E-state index in [1.807, 2.05) is 12.3 Å². The maximum Gasteiger partial charge on any atom is 0.123 e. The first-order valence-electron chi connectivity index (χ1n) is 14.1. The van der Waals surface area contributed by atoms with Gasteiger partial charge in [0.25, 0.3) is 0 Å². The van der Waals surface area contributed by atoms with Gasteiger partial charge < -0.3 is 16.2 Å². The van der Waals surface area contributed by atoms with E-state index in [1.54, 1.807) is 0 Å². The lowest BCUT2D eigenvalue weighted by atomic mass is 9.53. The topological polar surface area (TPSA) is 74.2 Å². The molecule has 2 saturated heterocycles. The Bertz CT molecular complexity index is 843. The Labute approximate surface area is 200 Å². The number of ether oxygens (including phenoxy) is 1. The summed E-state index contributed by atoms with van der Waals surface area (Å²) in [5.41, 5.74) is 14.7. The Balaban J connectivity index is 1.29. The van der Waals surface area contributed by atoms with Crippen LogP contribution in [0.4, 0.5) is 5.82 Å². The van der Waals surface area contributed by atoms with Crippen molar-refractivity contribution in [2.45, 2.75) is 120 Å². The maximum atomic E-state index is 7.46. The fourth-order valence-electron chi connectivity index (χ4n) is 9.68. The fourth-order valence-corrected chi connectivity index (χ4v) is 9.68. The van der Waals surface area contributed by atoms with Crippen LogP contribution in [0.5, 0.6) is 0 Å². The van der Waals surface area contributed by atoms with Crippen molar-refractivity contribution in [2.75, 3.05) is 5.73 Å². The molecule has 4 saturated carbocycles. The van der Waals surface area contributed by atoms with E-state index in [0.29, 0.717) is 35.0 Å². The molecule has 4 heteroatoms. The quantitative estimate of drug-likeness (QED) is 0.586. The van der Waals surface area contributed by atoms with Crippen LogP contribution in [0.2, 0.25) is 0 Å². The Morgan fingerprint density at radius 3 is 2.45 bits per heavy atom. The standard InChI is InChI=1S/C29H45N3O/c1-27(22-6-2-3-7-22)24-10-13-29(33-27,18-25(24)30)23-15-21(14-20-8-9-26(31)32-19-20)16-28(17-23)11-4-5-12-28/h8-9,19,21-25H,2-7,10-18,30H2,1H3,(H2,31,32)/t21-,23+,24+,25+,27+,29-/m0/s1. The van der Waals surface area contributed by atoms with E-state index >= 15 is 0 Å². The van der Waals surface area contributed by atoms with Crippen LogP contribution < -0.4 is 11.5 Å². The molecule has 7 rings (SSSR count). The van der Waals surface area contributed by atoms with Crippen molar-refractivity contribution in [1.82, 2.24) is 4.98 Å². The molecule has 1 aromatic rings. The van der Waals surface area contributed by atoms with E-state index in [9.17, 15) is 0 Å². The summed E-state index contributed by atoms with van der Waals surface area (Å²) < 4.78 is 7.46. The summed E-state index contributed by atoms with van der Waals surface area (Å²) in [6, 6.07) is 4.48. The number of nitrogens with zero attached hydrogens (tertiary/aromatic N) is 1. The Hall–Kier alpha value is -1.13. The van der Waals surface area contributed by atoms with Crippen LogP contribution in [-0.4, -0.2) is 22.2 Å². The van der Waals surface area contributed by atoms with Gasteiger partial charge in [-0.1, -0.05) is 31.7 Å². The molecule has 3 heterocycles. The van der Waals surface area contributed by atoms with Gasteiger partial charge in [0.15, 0.2) is 0 Å². The number of pyridine rings is 1. The zero-order valence-electron chi connectivity index (χ0n) is 20.7. The van der Waals surface area contributed by atoms with E-state index in [2.05, 4.69) is 18.0 Å². The van der Waals surface area contributed by atoms with E-state index in [4.69, 9.17) is 16.2 Å². The summed E-state index contributed by atoms with van der Waals surface area (Å²) in [5, 5.41) is 0. The van der Waals surface area contributed by atoms with E-state index in [-0.39, 0.29) is 11.2 Å². The van der Waals surface area contributed by atoms with Crippen molar-refractivity contribution < 1.29 is 4.74 Å². The highest BCUT2D eigenvalue weighted by Crippen LogP contribution is 2.62. The highest BCUT2D eigenvalue weighted by Gasteiger charge is 2.62. The molecule has 2 bridgehead atoms. The fraction of sp³-hybridized carbons (Fsp3) is 0.828. The Kier molecular flexibility index (Phi) is 5.57. The van der Waals surface area contributed by atoms with Crippen LogP contribution in [-0.2, 0) is 11.2 Å². The molecule has 4 N–H and O–H groups in total. The molecule has 6 aliphatic rings. The predicted molar refractivity (Wildman–Crippen MR) is 134 cm³/mol. The van der Waals surface area contributed by atoms with E-state index in [1.165, 1.54) is 89.0 Å². The van der Waals surface area contributed by atoms with Crippen LogP contribution in [0, 0.1) is 29.1 Å². The summed E-state index contributed by atoms with van der Waals surface area (Å²) >= 11 is 0. The predicted octanol–water partition coefficient (Wildman–Crippen LogP) is 6.03. The number of aromatic nitrogens is 1. The molecule has 6 atom stereocenters. The van der Waals surface area contributed by atoms with Gasteiger partial charge in [-0.25, -0.2) is 4.98 Å². The van der Waals surface area contributed by atoms with Crippen molar-refractivity contribution >= 4 is 5.82 Å². The van der Waals surface area contributed by atoms with Crippen molar-refractivity contribution in [2.24, 2.45) is 34.8 Å². The first-order valence-corrected chi connectivity index (χ1v) is 14.1. The Morgan fingerprint density at radius 1 is 0.970 bits per heavy atom. The van der Waals surface area contributed by atoms with Gasteiger partial charge in [0.05, 0.1) is 11.2 Å². The van der Waals surface area contributed by atoms with Crippen LogP contribution in [0.1, 0.15) is 102 Å². The second kappa shape index (κ2) is 8.22. The highest BCUT2D eigenvalue weighted by molar-refractivity contribution is 5.29. The lowest BCUT2D eigenvalue weighted by Crippen LogP contribution is -2.69. The van der Waals surface area contributed by atoms with Gasteiger partial charge >= 0.3 is 0 Å². The second-order valence-corrected chi connectivity index (χ2v) is 13.1. The third-order valence-electron chi connectivity index (χ3n) is 11.1. The van der Waals surface area contributed by atoms with Gasteiger partial charge in [-0.2, -0.15) is 0 Å². The molecule has 4 nitrogen and oxygen atoms in total. The van der Waals surface area contributed by atoms with Crippen LogP contribution >= 0.6 is 0 Å². The molecule has 33 heavy (non-hydrogen) atoms. The molecule has 1 aromatic heterocycles. The number of nitrogens with two attached hydrogens (primary N) is 2. The van der Waals surface area contributed by atoms with Crippen LogP contribution in [0.15, 0.2) is 18.3 Å². The van der Waals surface area contributed by atoms with Gasteiger partial charge in [-0.15, -0.1) is 0 Å². The zero-order valence-corrected chi connectivity index (χ0v) is 20.7. The summed E-state index contributed by atoms with van der Waals surface area (Å²) in [6.07, 6.45) is 21.9. The zero-order chi connectivity index (χ0) is 22.7. The summed E-state index contributed by atoms with van der Waals surface area (Å²) in [4.78, 5) is 4.39. The van der Waals surface area contributed by atoms with Crippen LogP contribution in [0.3, 0.4) is 0 Å². The van der Waals surface area contributed by atoms with Gasteiger partial charge in [0.2, 0.25) is 0 Å². The van der Waals surface area contributed by atoms with Crippen molar-refractivity contribution in [1.29, 1.82) is 0 Å². The molecule has 2 aliphatic heterocycles. The lowest BCUT2D eigenvalue weighted by Gasteiger charge is -2.64. The monoisotopic (exact) mass is 451 g/mol. The van der Waals surface area contributed by atoms with Gasteiger partial charge in [0.1, 0.15) is 5.82 Å². The highest BCUT2D eigenvalue weighted by atomic mass is 16.5. The summed E-state index contributed by atoms with van der Waals surface area (Å²) in [5.74, 6) is 3.28. The number of nitrogen functional groups attached to an aromatic ring is 1. The van der Waals surface area contributed by atoms with Crippen molar-refractivity contribution in [3.05, 3.63) is 23.9 Å². The van der Waals surface area contributed by atoms with Gasteiger partial charge in [-0.05, 0) is 112 Å². The minimum absolute atomic E-state index is 0.00305. The normalized spacial score (nSPS) is 42.8. The number of fused-ring (bicyclic) bond motifs is 3. The average molecular weight is 452 g/mol. The average Bonchev–Trinajstić information content (AvgIpc) is 3.48. The van der Waals surface area contributed by atoms with Gasteiger partial charge in [-0.3, -0.25) is 0 Å². The molecule has 4 aliphatic carbocycles. The van der Waals surface area contributed by atoms with E-state index in [0.717, 1.165) is 18.8 Å². The molecule has 182 valence electrons. The van der Waals surface area contributed by atoms with Gasteiger partial charge in [0, 0.05) is 18.2 Å². The smallest absolute Gasteiger partial charge is 0.123 e. The molecule has 6 fully saturated rings. The summed E-state index contributed by atoms with van der Waals surface area (Å²) in [6.45, 7) is 2.46. The molecular formula is C29H45N3O. The lowest BCUT2D eigenvalue weighted by molar-refractivity contribution is -0.295. The molecule has 1 spiro atoms. The third-order valence-corrected chi connectivity index (χ3v) is 11.1. The molecule has 0 radical (unpaired) electrons. The molecule has 0 unspecified atom stereocenters. The van der Waals surface area contributed by atoms with E-state index < -0.39 is 0 Å². The first-order chi connectivity index (χ1) is 15.9. The number of hydrogen-bond donors (Lipinski definition) is 2. The SMILES string of the molecule is C[C@]1(C2CCCC2)O[C@@]2([C@@H]3C[C@H](Cc4ccc(N)nc4)CC4(CCCC4)C3)CC[C@@H]1[C@H](N)C2. The number of rotatable bonds is 4.